The number of benzene rings is 1. The third-order valence-corrected chi connectivity index (χ3v) is 3.00. The fourth-order valence-electron chi connectivity index (χ4n) is 1.61. The Morgan fingerprint density at radius 3 is 2.82 bits per heavy atom. The van der Waals surface area contributed by atoms with Crippen molar-refractivity contribution in [3.63, 3.8) is 0 Å². The van der Waals surface area contributed by atoms with Crippen LogP contribution < -0.4 is 10.6 Å². The molecule has 0 fully saturated rings. The Hall–Kier alpha value is -1.07. The van der Waals surface area contributed by atoms with Crippen molar-refractivity contribution in [1.29, 1.82) is 5.41 Å². The molecule has 5 heteroatoms. The van der Waals surface area contributed by atoms with Crippen molar-refractivity contribution in [3.05, 3.63) is 28.2 Å². The molecule has 0 radical (unpaired) electrons. The van der Waals surface area contributed by atoms with Gasteiger partial charge in [-0.2, -0.15) is 0 Å². The number of methoxy groups -OCH3 is 1. The van der Waals surface area contributed by atoms with E-state index in [9.17, 15) is 0 Å². The van der Waals surface area contributed by atoms with E-state index in [0.29, 0.717) is 0 Å². The Balaban J connectivity index is 2.86. The minimum absolute atomic E-state index is 0.0890. The summed E-state index contributed by atoms with van der Waals surface area (Å²) in [4.78, 5) is 2.08. The zero-order chi connectivity index (χ0) is 12.8. The summed E-state index contributed by atoms with van der Waals surface area (Å²) in [6.07, 6.45) is 0.941. The Kier molecular flexibility index (Phi) is 5.44. The van der Waals surface area contributed by atoms with Gasteiger partial charge in [0.1, 0.15) is 5.84 Å². The highest BCUT2D eigenvalue weighted by Crippen LogP contribution is 2.24. The summed E-state index contributed by atoms with van der Waals surface area (Å²) in [5, 5.41) is 7.56. The second-order valence-electron chi connectivity index (χ2n) is 3.84. The molecule has 0 heterocycles. The predicted octanol–water partition coefficient (Wildman–Crippen LogP) is 2.21. The Bertz CT molecular complexity index is 395. The van der Waals surface area contributed by atoms with Gasteiger partial charge in [0.25, 0.3) is 0 Å². The van der Waals surface area contributed by atoms with Gasteiger partial charge in [-0.15, -0.1) is 0 Å². The van der Waals surface area contributed by atoms with Crippen LogP contribution in [0.1, 0.15) is 12.0 Å². The maximum Gasteiger partial charge on any atom is 0.124 e. The average Bonchev–Trinajstić information content (AvgIpc) is 2.28. The molecule has 0 amide bonds. The van der Waals surface area contributed by atoms with Crippen molar-refractivity contribution in [2.24, 2.45) is 5.73 Å². The highest BCUT2D eigenvalue weighted by molar-refractivity contribution is 9.10. The van der Waals surface area contributed by atoms with E-state index < -0.39 is 0 Å². The molecule has 0 spiro atoms. The molecular weight excluding hydrogens is 282 g/mol. The molecule has 0 aliphatic heterocycles. The zero-order valence-corrected chi connectivity index (χ0v) is 11.8. The van der Waals surface area contributed by atoms with Crippen LogP contribution >= 0.6 is 15.9 Å². The van der Waals surface area contributed by atoms with Crippen molar-refractivity contribution >= 4 is 27.5 Å². The largest absolute Gasteiger partial charge is 0.385 e. The van der Waals surface area contributed by atoms with E-state index >= 15 is 0 Å². The van der Waals surface area contributed by atoms with Gasteiger partial charge in [-0.25, -0.2) is 0 Å². The number of halogens is 1. The van der Waals surface area contributed by atoms with Gasteiger partial charge in [0.2, 0.25) is 0 Å². The lowest BCUT2D eigenvalue weighted by Crippen LogP contribution is -2.24. The van der Waals surface area contributed by atoms with Crippen molar-refractivity contribution in [2.75, 3.05) is 32.2 Å². The number of nitrogens with zero attached hydrogens (tertiary/aromatic N) is 1. The van der Waals surface area contributed by atoms with Crippen molar-refractivity contribution in [1.82, 2.24) is 0 Å². The first kappa shape index (κ1) is 14.0. The second kappa shape index (κ2) is 6.61. The molecule has 3 N–H and O–H groups in total. The van der Waals surface area contributed by atoms with Crippen LogP contribution in [0, 0.1) is 5.41 Å². The number of hydrogen-bond acceptors (Lipinski definition) is 3. The summed E-state index contributed by atoms with van der Waals surface area (Å²) in [5.74, 6) is 0.0890. The summed E-state index contributed by atoms with van der Waals surface area (Å²) in [6.45, 7) is 1.60. The minimum atomic E-state index is 0.0890. The van der Waals surface area contributed by atoms with Crippen molar-refractivity contribution in [2.45, 2.75) is 6.42 Å². The molecule has 0 aromatic heterocycles. The molecule has 0 saturated carbocycles. The van der Waals surface area contributed by atoms with Gasteiger partial charge >= 0.3 is 0 Å². The Morgan fingerprint density at radius 2 is 2.24 bits per heavy atom. The number of nitrogens with two attached hydrogens (primary N) is 1. The Labute approximate surface area is 110 Å². The lowest BCUT2D eigenvalue weighted by molar-refractivity contribution is 0.196. The Morgan fingerprint density at radius 1 is 1.53 bits per heavy atom. The van der Waals surface area contributed by atoms with Gasteiger partial charge in [0.05, 0.1) is 0 Å². The number of ether oxygens (including phenoxy) is 1. The SMILES string of the molecule is COCCCN(C)c1cc(Br)ccc1C(=N)N. The molecule has 0 aliphatic rings. The van der Waals surface area contributed by atoms with Crippen LogP contribution in [-0.2, 0) is 4.74 Å². The van der Waals surface area contributed by atoms with Crippen LogP contribution in [0.15, 0.2) is 22.7 Å². The molecule has 4 nitrogen and oxygen atoms in total. The number of rotatable bonds is 6. The predicted molar refractivity (Wildman–Crippen MR) is 74.9 cm³/mol. The van der Waals surface area contributed by atoms with Crippen LogP contribution in [0.3, 0.4) is 0 Å². The first-order chi connectivity index (χ1) is 8.06. The van der Waals surface area contributed by atoms with Crippen LogP contribution in [0.2, 0.25) is 0 Å². The molecule has 0 atom stereocenters. The highest BCUT2D eigenvalue weighted by Gasteiger charge is 2.10. The van der Waals surface area contributed by atoms with Gasteiger partial charge in [-0.05, 0) is 24.6 Å². The van der Waals surface area contributed by atoms with Gasteiger partial charge in [0, 0.05) is 43.0 Å². The number of amidine groups is 1. The summed E-state index contributed by atoms with van der Waals surface area (Å²) < 4.78 is 6.01. The smallest absolute Gasteiger partial charge is 0.124 e. The minimum Gasteiger partial charge on any atom is -0.385 e. The zero-order valence-electron chi connectivity index (χ0n) is 10.2. The molecule has 1 rings (SSSR count). The number of nitrogens with one attached hydrogen (secondary N) is 1. The van der Waals surface area contributed by atoms with E-state index in [1.807, 2.05) is 25.2 Å². The normalized spacial score (nSPS) is 10.3. The van der Waals surface area contributed by atoms with E-state index in [1.165, 1.54) is 0 Å². The summed E-state index contributed by atoms with van der Waals surface area (Å²) in [5.41, 5.74) is 7.29. The molecule has 1 aromatic rings. The molecule has 0 aliphatic carbocycles. The van der Waals surface area contributed by atoms with Gasteiger partial charge < -0.3 is 15.4 Å². The van der Waals surface area contributed by atoms with E-state index in [4.69, 9.17) is 15.9 Å². The second-order valence-corrected chi connectivity index (χ2v) is 4.76. The van der Waals surface area contributed by atoms with Gasteiger partial charge in [-0.3, -0.25) is 5.41 Å². The van der Waals surface area contributed by atoms with Crippen LogP contribution in [0.4, 0.5) is 5.69 Å². The van der Waals surface area contributed by atoms with Gasteiger partial charge in [0.15, 0.2) is 0 Å². The molecule has 94 valence electrons. The van der Waals surface area contributed by atoms with Crippen molar-refractivity contribution in [3.8, 4) is 0 Å². The summed E-state index contributed by atoms with van der Waals surface area (Å²) >= 11 is 3.43. The van der Waals surface area contributed by atoms with Crippen LogP contribution in [0.5, 0.6) is 0 Å². The third-order valence-electron chi connectivity index (χ3n) is 2.50. The average molecular weight is 300 g/mol. The first-order valence-electron chi connectivity index (χ1n) is 5.40. The van der Waals surface area contributed by atoms with E-state index in [2.05, 4.69) is 20.8 Å². The molecule has 0 unspecified atom stereocenters. The summed E-state index contributed by atoms with van der Waals surface area (Å²) in [7, 11) is 3.68. The summed E-state index contributed by atoms with van der Waals surface area (Å²) in [6, 6.07) is 5.72. The molecular formula is C12H18BrN3O. The van der Waals surface area contributed by atoms with Crippen molar-refractivity contribution < 1.29 is 4.74 Å². The molecule has 0 bridgehead atoms. The fraction of sp³-hybridized carbons (Fsp3) is 0.417. The van der Waals surface area contributed by atoms with Gasteiger partial charge in [-0.1, -0.05) is 15.9 Å². The maximum atomic E-state index is 7.56. The first-order valence-corrected chi connectivity index (χ1v) is 6.19. The maximum absolute atomic E-state index is 7.56. The standard InChI is InChI=1S/C12H18BrN3O/c1-16(6-3-7-17-2)11-8-9(13)4-5-10(11)12(14)15/h4-5,8H,3,6-7H2,1-2H3,(H3,14,15). The lowest BCUT2D eigenvalue weighted by atomic mass is 10.1. The quantitative estimate of drug-likeness (QED) is 0.481. The molecule has 17 heavy (non-hydrogen) atoms. The fourth-order valence-corrected chi connectivity index (χ4v) is 1.96. The molecule has 0 saturated heterocycles. The van der Waals surface area contributed by atoms with E-state index in [0.717, 1.165) is 35.3 Å². The van der Waals surface area contributed by atoms with Crippen LogP contribution in [-0.4, -0.2) is 33.1 Å². The number of hydrogen-bond donors (Lipinski definition) is 2. The third kappa shape index (κ3) is 4.02. The van der Waals surface area contributed by atoms with Crippen LogP contribution in [0.25, 0.3) is 0 Å². The monoisotopic (exact) mass is 299 g/mol. The van der Waals surface area contributed by atoms with E-state index in [-0.39, 0.29) is 5.84 Å². The lowest BCUT2D eigenvalue weighted by Gasteiger charge is -2.22. The van der Waals surface area contributed by atoms with E-state index in [1.54, 1.807) is 7.11 Å². The number of anilines is 1. The topological polar surface area (TPSA) is 62.3 Å². The number of nitrogen functional groups attached to an aromatic ring is 1. The molecule has 1 aromatic carbocycles. The highest BCUT2D eigenvalue weighted by atomic mass is 79.9.